The van der Waals surface area contributed by atoms with Crippen LogP contribution in [-0.2, 0) is 4.79 Å². The van der Waals surface area contributed by atoms with E-state index in [0.717, 1.165) is 11.3 Å². The highest BCUT2D eigenvalue weighted by molar-refractivity contribution is 5.90. The molecule has 1 fully saturated rings. The van der Waals surface area contributed by atoms with E-state index in [9.17, 15) is 4.79 Å². The summed E-state index contributed by atoms with van der Waals surface area (Å²) in [5.41, 5.74) is 2.01. The Labute approximate surface area is 153 Å². The molecule has 1 saturated heterocycles. The lowest BCUT2D eigenvalue weighted by atomic mass is 9.92. The lowest BCUT2D eigenvalue weighted by Crippen LogP contribution is -2.66. The monoisotopic (exact) mass is 344 g/mol. The van der Waals surface area contributed by atoms with Crippen molar-refractivity contribution in [2.24, 2.45) is 0 Å². The molecule has 1 aliphatic rings. The van der Waals surface area contributed by atoms with Crippen LogP contribution in [-0.4, -0.2) is 24.1 Å². The topological polar surface area (TPSA) is 32.8 Å². The Balaban J connectivity index is 1.65. The largest absolute Gasteiger partial charge is 0.478 e. The van der Waals surface area contributed by atoms with Crippen LogP contribution in [0.2, 0.25) is 0 Å². The van der Waals surface area contributed by atoms with Crippen molar-refractivity contribution in [2.45, 2.75) is 12.1 Å². The second kappa shape index (κ2) is 6.92. The van der Waals surface area contributed by atoms with Gasteiger partial charge in [-0.25, -0.2) is 5.01 Å². The summed E-state index contributed by atoms with van der Waals surface area (Å²) < 4.78 is 6.03. The summed E-state index contributed by atoms with van der Waals surface area (Å²) in [7, 11) is 1.90. The molecule has 0 bridgehead atoms. The summed E-state index contributed by atoms with van der Waals surface area (Å²) in [6, 6.07) is 29.2. The summed E-state index contributed by atoms with van der Waals surface area (Å²) in [4.78, 5) is 12.9. The molecule has 4 heteroatoms. The fourth-order valence-electron chi connectivity index (χ4n) is 3.28. The molecule has 4 nitrogen and oxygen atoms in total. The van der Waals surface area contributed by atoms with Gasteiger partial charge in [-0.2, -0.15) is 0 Å². The molecule has 0 N–H and O–H groups in total. The van der Waals surface area contributed by atoms with Gasteiger partial charge in [0.05, 0.1) is 5.69 Å². The van der Waals surface area contributed by atoms with E-state index in [-0.39, 0.29) is 11.9 Å². The van der Waals surface area contributed by atoms with E-state index in [1.807, 2.05) is 103 Å². The van der Waals surface area contributed by atoms with Gasteiger partial charge in [0.25, 0.3) is 5.91 Å². The van der Waals surface area contributed by atoms with E-state index < -0.39 is 6.10 Å². The van der Waals surface area contributed by atoms with E-state index in [2.05, 4.69) is 0 Å². The fraction of sp³-hybridized carbons (Fsp3) is 0.136. The smallest absolute Gasteiger partial charge is 0.285 e. The lowest BCUT2D eigenvalue weighted by molar-refractivity contribution is -0.165. The first-order valence-corrected chi connectivity index (χ1v) is 8.64. The first kappa shape index (κ1) is 16.2. The molecule has 1 heterocycles. The number of hydrazine groups is 1. The van der Waals surface area contributed by atoms with Gasteiger partial charge < -0.3 is 4.74 Å². The molecule has 130 valence electrons. The Morgan fingerprint density at radius 1 is 0.808 bits per heavy atom. The van der Waals surface area contributed by atoms with E-state index in [0.29, 0.717) is 5.75 Å². The molecule has 4 rings (SSSR count). The average molecular weight is 344 g/mol. The number of amides is 1. The van der Waals surface area contributed by atoms with Crippen LogP contribution in [0.4, 0.5) is 5.69 Å². The van der Waals surface area contributed by atoms with Gasteiger partial charge in [-0.3, -0.25) is 9.80 Å². The minimum atomic E-state index is -0.536. The van der Waals surface area contributed by atoms with E-state index >= 15 is 0 Å². The molecule has 1 aliphatic heterocycles. The van der Waals surface area contributed by atoms with Crippen LogP contribution in [0, 0.1) is 0 Å². The summed E-state index contributed by atoms with van der Waals surface area (Å²) in [5.74, 6) is 0.655. The molecule has 0 aromatic heterocycles. The predicted molar refractivity (Wildman–Crippen MR) is 102 cm³/mol. The van der Waals surface area contributed by atoms with Crippen LogP contribution in [0.1, 0.15) is 11.6 Å². The van der Waals surface area contributed by atoms with Crippen molar-refractivity contribution in [1.29, 1.82) is 0 Å². The second-order valence-electron chi connectivity index (χ2n) is 6.25. The third kappa shape index (κ3) is 2.90. The van der Waals surface area contributed by atoms with E-state index in [1.165, 1.54) is 0 Å². The molecule has 0 aliphatic carbocycles. The zero-order chi connectivity index (χ0) is 17.9. The number of benzene rings is 3. The number of anilines is 1. The Morgan fingerprint density at radius 2 is 1.35 bits per heavy atom. The molecule has 0 spiro atoms. The predicted octanol–water partition coefficient (Wildman–Crippen LogP) is 4.07. The SMILES string of the molecule is CN(c1ccccc1)N1C(=O)[C@@H](Oc2ccccc2)[C@H]1c1ccccc1. The molecular formula is C22H20N2O2. The summed E-state index contributed by atoms with van der Waals surface area (Å²) in [5, 5.41) is 3.66. The Morgan fingerprint density at radius 3 is 1.96 bits per heavy atom. The maximum atomic E-state index is 12.9. The summed E-state index contributed by atoms with van der Waals surface area (Å²) in [6.45, 7) is 0. The van der Waals surface area contributed by atoms with Gasteiger partial charge in [0.2, 0.25) is 6.10 Å². The van der Waals surface area contributed by atoms with Gasteiger partial charge in [0, 0.05) is 7.05 Å². The maximum absolute atomic E-state index is 12.9. The molecule has 0 saturated carbocycles. The van der Waals surface area contributed by atoms with E-state index in [4.69, 9.17) is 4.74 Å². The quantitative estimate of drug-likeness (QED) is 0.654. The van der Waals surface area contributed by atoms with Crippen LogP contribution < -0.4 is 9.75 Å². The van der Waals surface area contributed by atoms with E-state index in [1.54, 1.807) is 5.01 Å². The summed E-state index contributed by atoms with van der Waals surface area (Å²) >= 11 is 0. The highest BCUT2D eigenvalue weighted by Crippen LogP contribution is 2.39. The number of rotatable bonds is 5. The fourth-order valence-corrected chi connectivity index (χ4v) is 3.28. The van der Waals surface area contributed by atoms with Gasteiger partial charge in [-0.05, 0) is 29.8 Å². The highest BCUT2D eigenvalue weighted by Gasteiger charge is 2.52. The Bertz CT molecular complexity index is 868. The van der Waals surface area contributed by atoms with Gasteiger partial charge in [0.1, 0.15) is 11.8 Å². The van der Waals surface area contributed by atoms with Crippen LogP contribution in [0.15, 0.2) is 91.0 Å². The third-order valence-corrected chi connectivity index (χ3v) is 4.62. The van der Waals surface area contributed by atoms with Gasteiger partial charge >= 0.3 is 0 Å². The lowest BCUT2D eigenvalue weighted by Gasteiger charge is -2.50. The number of hydrogen-bond donors (Lipinski definition) is 0. The van der Waals surface area contributed by atoms with Gasteiger partial charge in [-0.15, -0.1) is 0 Å². The number of para-hydroxylation sites is 2. The number of nitrogens with zero attached hydrogens (tertiary/aromatic N) is 2. The van der Waals surface area contributed by atoms with Gasteiger partial charge in [0.15, 0.2) is 0 Å². The van der Waals surface area contributed by atoms with Crippen LogP contribution in [0.5, 0.6) is 5.75 Å². The number of carbonyl (C=O) groups is 1. The zero-order valence-corrected chi connectivity index (χ0v) is 14.5. The molecule has 0 radical (unpaired) electrons. The maximum Gasteiger partial charge on any atom is 0.285 e. The molecule has 3 aromatic rings. The molecule has 0 unspecified atom stereocenters. The molecule has 26 heavy (non-hydrogen) atoms. The van der Waals surface area contributed by atoms with Crippen LogP contribution >= 0.6 is 0 Å². The Kier molecular flexibility index (Phi) is 4.32. The molecular weight excluding hydrogens is 324 g/mol. The first-order chi connectivity index (χ1) is 12.8. The first-order valence-electron chi connectivity index (χ1n) is 8.64. The number of carbonyl (C=O) groups excluding carboxylic acids is 1. The minimum absolute atomic E-state index is 0.0472. The highest BCUT2D eigenvalue weighted by atomic mass is 16.5. The molecule has 3 aromatic carbocycles. The van der Waals surface area contributed by atoms with Crippen molar-refractivity contribution in [3.05, 3.63) is 96.6 Å². The van der Waals surface area contributed by atoms with Crippen molar-refractivity contribution < 1.29 is 9.53 Å². The van der Waals surface area contributed by atoms with Crippen molar-refractivity contribution in [3.8, 4) is 5.75 Å². The van der Waals surface area contributed by atoms with Crippen LogP contribution in [0.3, 0.4) is 0 Å². The van der Waals surface area contributed by atoms with Gasteiger partial charge in [-0.1, -0.05) is 66.7 Å². The standard InChI is InChI=1S/C22H20N2O2/c1-23(18-13-7-3-8-14-18)24-20(17-11-5-2-6-12-17)21(22(24)25)26-19-15-9-4-10-16-19/h2-16,20-21H,1H3/t20-,21+/m1/s1. The van der Waals surface area contributed by atoms with Crippen molar-refractivity contribution in [3.63, 3.8) is 0 Å². The second-order valence-corrected chi connectivity index (χ2v) is 6.25. The number of hydrogen-bond acceptors (Lipinski definition) is 3. The number of ether oxygens (including phenoxy) is 1. The molecule has 1 amide bonds. The normalized spacial score (nSPS) is 19.0. The zero-order valence-electron chi connectivity index (χ0n) is 14.5. The minimum Gasteiger partial charge on any atom is -0.478 e. The van der Waals surface area contributed by atoms with Crippen molar-refractivity contribution >= 4 is 11.6 Å². The molecule has 2 atom stereocenters. The third-order valence-electron chi connectivity index (χ3n) is 4.62. The average Bonchev–Trinajstić information content (AvgIpc) is 2.71. The number of β-lactam (4-membered cyclic amide) rings is 1. The van der Waals surface area contributed by atoms with Crippen molar-refractivity contribution in [2.75, 3.05) is 12.1 Å². The van der Waals surface area contributed by atoms with Crippen LogP contribution in [0.25, 0.3) is 0 Å². The summed E-state index contributed by atoms with van der Waals surface area (Å²) in [6.07, 6.45) is -0.536. The van der Waals surface area contributed by atoms with Crippen molar-refractivity contribution in [1.82, 2.24) is 5.01 Å². The Hall–Kier alpha value is -3.27.